The van der Waals surface area contributed by atoms with Crippen molar-refractivity contribution >= 4 is 33.9 Å². The van der Waals surface area contributed by atoms with Gasteiger partial charge in [0.1, 0.15) is 9.88 Å². The van der Waals surface area contributed by atoms with Gasteiger partial charge < -0.3 is 21.5 Å². The predicted molar refractivity (Wildman–Crippen MR) is 76.5 cm³/mol. The fourth-order valence-corrected chi connectivity index (χ4v) is 2.46. The maximum atomic E-state index is 11.5. The molecular weight excluding hydrogens is 266 g/mol. The van der Waals surface area contributed by atoms with Crippen LogP contribution in [0.3, 0.4) is 0 Å². The highest BCUT2D eigenvalue weighted by atomic mass is 32.1. The number of methoxy groups -OCH3 is 1. The van der Waals surface area contributed by atoms with Gasteiger partial charge in [0.2, 0.25) is 0 Å². The third kappa shape index (κ3) is 3.47. The Morgan fingerprint density at radius 3 is 2.53 bits per heavy atom. The number of hydrogen-bond donors (Lipinski definition) is 3. The van der Waals surface area contributed by atoms with Gasteiger partial charge in [0.25, 0.3) is 5.91 Å². The average molecular weight is 283 g/mol. The molecule has 0 aliphatic rings. The zero-order chi connectivity index (χ0) is 14.6. The number of allylic oxidation sites excluding steroid dienone is 1. The summed E-state index contributed by atoms with van der Waals surface area (Å²) in [5.74, 6) is -1.26. The van der Waals surface area contributed by atoms with Gasteiger partial charge in [0.15, 0.2) is 0 Å². The second kappa shape index (κ2) is 6.24. The molecule has 0 saturated carbocycles. The van der Waals surface area contributed by atoms with Crippen molar-refractivity contribution in [1.29, 1.82) is 0 Å². The van der Waals surface area contributed by atoms with Gasteiger partial charge in [-0.25, -0.2) is 4.79 Å². The van der Waals surface area contributed by atoms with Crippen LogP contribution in [0.1, 0.15) is 33.9 Å². The molecular formula is C12H17N3O3S. The summed E-state index contributed by atoms with van der Waals surface area (Å²) in [6.07, 6.45) is 1.94. The molecule has 1 rings (SSSR count). The van der Waals surface area contributed by atoms with Crippen molar-refractivity contribution in [2.75, 3.05) is 24.7 Å². The Balaban J connectivity index is 3.12. The van der Waals surface area contributed by atoms with Gasteiger partial charge in [-0.05, 0) is 13.8 Å². The average Bonchev–Trinajstić information content (AvgIpc) is 2.65. The Labute approximate surface area is 115 Å². The maximum Gasteiger partial charge on any atom is 0.350 e. The number of nitrogens with two attached hydrogens (primary N) is 2. The van der Waals surface area contributed by atoms with Crippen molar-refractivity contribution in [3.8, 4) is 0 Å². The van der Waals surface area contributed by atoms with E-state index in [0.717, 1.165) is 16.9 Å². The second-order valence-electron chi connectivity index (χ2n) is 4.07. The number of nitrogens with one attached hydrogen (secondary N) is 1. The molecule has 0 atom stereocenters. The summed E-state index contributed by atoms with van der Waals surface area (Å²) in [4.78, 5) is 23.1. The molecule has 0 radical (unpaired) electrons. The van der Waals surface area contributed by atoms with Crippen LogP contribution in [0.2, 0.25) is 0 Å². The van der Waals surface area contributed by atoms with Crippen molar-refractivity contribution in [3.63, 3.8) is 0 Å². The van der Waals surface area contributed by atoms with Crippen molar-refractivity contribution in [1.82, 2.24) is 0 Å². The summed E-state index contributed by atoms with van der Waals surface area (Å²) in [5, 5.41) is 3.49. The summed E-state index contributed by atoms with van der Waals surface area (Å²) in [6, 6.07) is 0. The van der Waals surface area contributed by atoms with E-state index in [1.165, 1.54) is 7.11 Å². The summed E-state index contributed by atoms with van der Waals surface area (Å²) in [5.41, 5.74) is 12.4. The highest BCUT2D eigenvalue weighted by Crippen LogP contribution is 2.35. The molecule has 0 fully saturated rings. The van der Waals surface area contributed by atoms with Gasteiger partial charge in [0.05, 0.1) is 18.4 Å². The van der Waals surface area contributed by atoms with E-state index in [2.05, 4.69) is 10.1 Å². The van der Waals surface area contributed by atoms with Crippen LogP contribution in [0.4, 0.5) is 10.7 Å². The molecule has 0 aromatic carbocycles. The number of ether oxygens (including phenoxy) is 1. The Hall–Kier alpha value is -2.02. The minimum absolute atomic E-state index is 0.0593. The van der Waals surface area contributed by atoms with Crippen LogP contribution in [0, 0.1) is 0 Å². The quantitative estimate of drug-likeness (QED) is 0.562. The normalized spacial score (nSPS) is 9.84. The van der Waals surface area contributed by atoms with E-state index in [4.69, 9.17) is 11.5 Å². The molecule has 1 aromatic heterocycles. The number of anilines is 2. The number of carbonyl (C=O) groups is 2. The van der Waals surface area contributed by atoms with Crippen molar-refractivity contribution in [3.05, 3.63) is 22.1 Å². The molecule has 19 heavy (non-hydrogen) atoms. The molecule has 0 unspecified atom stereocenters. The molecule has 0 aliphatic carbocycles. The Bertz CT molecular complexity index is 531. The van der Waals surface area contributed by atoms with Gasteiger partial charge in [-0.3, -0.25) is 4.79 Å². The lowest BCUT2D eigenvalue weighted by Crippen LogP contribution is -2.15. The molecule has 6 nitrogen and oxygen atoms in total. The lowest BCUT2D eigenvalue weighted by molar-refractivity contribution is 0.0607. The van der Waals surface area contributed by atoms with Crippen LogP contribution in [0.5, 0.6) is 0 Å². The monoisotopic (exact) mass is 283 g/mol. The van der Waals surface area contributed by atoms with Gasteiger partial charge >= 0.3 is 5.97 Å². The van der Waals surface area contributed by atoms with Gasteiger partial charge in [-0.15, -0.1) is 11.3 Å². The summed E-state index contributed by atoms with van der Waals surface area (Å²) in [6.45, 7) is 4.43. The third-order valence-electron chi connectivity index (χ3n) is 2.34. The zero-order valence-electron chi connectivity index (χ0n) is 11.1. The minimum Gasteiger partial charge on any atom is -0.465 e. The number of primary amides is 1. The van der Waals surface area contributed by atoms with Crippen molar-refractivity contribution < 1.29 is 14.3 Å². The van der Waals surface area contributed by atoms with E-state index < -0.39 is 11.9 Å². The van der Waals surface area contributed by atoms with E-state index in [0.29, 0.717) is 11.5 Å². The smallest absolute Gasteiger partial charge is 0.350 e. The molecule has 5 N–H and O–H groups in total. The Kier molecular flexibility index (Phi) is 4.94. The maximum absolute atomic E-state index is 11.5. The molecule has 1 amide bonds. The lowest BCUT2D eigenvalue weighted by Gasteiger charge is -2.03. The first kappa shape index (κ1) is 15.0. The van der Waals surface area contributed by atoms with Gasteiger partial charge in [-0.1, -0.05) is 11.6 Å². The van der Waals surface area contributed by atoms with Crippen LogP contribution in [-0.4, -0.2) is 25.5 Å². The molecule has 1 aromatic rings. The summed E-state index contributed by atoms with van der Waals surface area (Å²) < 4.78 is 4.61. The molecule has 0 spiro atoms. The summed E-state index contributed by atoms with van der Waals surface area (Å²) >= 11 is 1.06. The van der Waals surface area contributed by atoms with E-state index in [1.54, 1.807) is 0 Å². The first-order valence-electron chi connectivity index (χ1n) is 5.56. The number of nitrogen functional groups attached to an aromatic ring is 1. The molecule has 0 saturated heterocycles. The molecule has 1 heterocycles. The first-order valence-corrected chi connectivity index (χ1v) is 6.37. The minimum atomic E-state index is -0.677. The topological polar surface area (TPSA) is 107 Å². The number of amides is 1. The summed E-state index contributed by atoms with van der Waals surface area (Å²) in [7, 11) is 1.25. The second-order valence-corrected chi connectivity index (χ2v) is 5.09. The van der Waals surface area contributed by atoms with Crippen LogP contribution < -0.4 is 16.8 Å². The number of thiophene rings is 1. The highest BCUT2D eigenvalue weighted by Gasteiger charge is 2.24. The van der Waals surface area contributed by atoms with E-state index in [-0.39, 0.29) is 16.1 Å². The molecule has 104 valence electrons. The van der Waals surface area contributed by atoms with E-state index >= 15 is 0 Å². The fourth-order valence-electron chi connectivity index (χ4n) is 1.41. The standard InChI is InChI=1S/C12H17N3O3S/c1-6(2)4-5-15-11-7(10(14)16)8(13)9(19-11)12(17)18-3/h4,15H,5,13H2,1-3H3,(H2,14,16). The molecule has 7 heteroatoms. The number of esters is 1. The van der Waals surface area contributed by atoms with Crippen molar-refractivity contribution in [2.24, 2.45) is 5.73 Å². The third-order valence-corrected chi connectivity index (χ3v) is 3.48. The van der Waals surface area contributed by atoms with Gasteiger partial charge in [0, 0.05) is 6.54 Å². The number of carbonyl (C=O) groups excluding carboxylic acids is 2. The first-order chi connectivity index (χ1) is 8.88. The lowest BCUT2D eigenvalue weighted by atomic mass is 10.2. The van der Waals surface area contributed by atoms with Crippen LogP contribution in [0.25, 0.3) is 0 Å². The van der Waals surface area contributed by atoms with Crippen LogP contribution >= 0.6 is 11.3 Å². The van der Waals surface area contributed by atoms with Gasteiger partial charge in [-0.2, -0.15) is 0 Å². The zero-order valence-corrected chi connectivity index (χ0v) is 11.9. The van der Waals surface area contributed by atoms with Crippen LogP contribution in [-0.2, 0) is 4.74 Å². The largest absolute Gasteiger partial charge is 0.465 e. The number of hydrogen-bond acceptors (Lipinski definition) is 6. The number of rotatable bonds is 5. The van der Waals surface area contributed by atoms with Crippen molar-refractivity contribution in [2.45, 2.75) is 13.8 Å². The predicted octanol–water partition coefficient (Wildman–Crippen LogP) is 1.59. The SMILES string of the molecule is COC(=O)c1sc(NCC=C(C)C)c(C(N)=O)c1N. The fraction of sp³-hybridized carbons (Fsp3) is 0.333. The Morgan fingerprint density at radius 2 is 2.05 bits per heavy atom. The Morgan fingerprint density at radius 1 is 1.42 bits per heavy atom. The molecule has 0 bridgehead atoms. The molecule has 0 aliphatic heterocycles. The van der Waals surface area contributed by atoms with E-state index in [9.17, 15) is 9.59 Å². The van der Waals surface area contributed by atoms with Crippen LogP contribution in [0.15, 0.2) is 11.6 Å². The van der Waals surface area contributed by atoms with E-state index in [1.807, 2.05) is 19.9 Å². The highest BCUT2D eigenvalue weighted by molar-refractivity contribution is 7.19.